The number of alkyl carbamates (subject to hydrolysis) is 1. The number of carbonyl (C=O) groups excluding carboxylic acids is 8. The van der Waals surface area contributed by atoms with Crippen LogP contribution in [0.25, 0.3) is 11.1 Å². The number of nitro benzene ring substituents is 1. The molecule has 2 aliphatic rings. The minimum Gasteiger partial charge on any atom is -0.463 e. The molecule has 0 aromatic heterocycles. The summed E-state index contributed by atoms with van der Waals surface area (Å²) in [5, 5.41) is 18.9. The number of benzene rings is 4. The average molecular weight is 1030 g/mol. The van der Waals surface area contributed by atoms with Gasteiger partial charge < -0.3 is 58.6 Å². The van der Waals surface area contributed by atoms with Crippen molar-refractivity contribution in [3.05, 3.63) is 118 Å². The molecule has 74 heavy (non-hydrogen) atoms. The largest absolute Gasteiger partial charge is 0.514 e. The van der Waals surface area contributed by atoms with E-state index in [1.807, 2.05) is 48.5 Å². The van der Waals surface area contributed by atoms with Crippen molar-refractivity contribution in [2.45, 2.75) is 104 Å². The van der Waals surface area contributed by atoms with Crippen LogP contribution >= 0.6 is 0 Å². The monoisotopic (exact) mass is 1030 g/mol. The van der Waals surface area contributed by atoms with Gasteiger partial charge in [0.1, 0.15) is 49.5 Å². The highest BCUT2D eigenvalue weighted by atomic mass is 16.7. The molecule has 0 radical (unpaired) electrons. The maximum atomic E-state index is 13.9. The fourth-order valence-corrected chi connectivity index (χ4v) is 8.08. The Morgan fingerprint density at radius 2 is 1.26 bits per heavy atom. The lowest BCUT2D eigenvalue weighted by atomic mass is 9.98. The van der Waals surface area contributed by atoms with Crippen LogP contribution in [-0.4, -0.2) is 109 Å². The Labute approximate surface area is 423 Å². The molecule has 0 spiro atoms. The number of nitro groups is 1. The van der Waals surface area contributed by atoms with Gasteiger partial charge in [0.05, 0.1) is 10.6 Å². The zero-order valence-electron chi connectivity index (χ0n) is 41.2. The molecule has 1 heterocycles. The molecule has 4 aromatic rings. The van der Waals surface area contributed by atoms with Crippen molar-refractivity contribution in [2.24, 2.45) is 5.92 Å². The quantitative estimate of drug-likeness (QED) is 0.0330. The van der Waals surface area contributed by atoms with Crippen LogP contribution in [0, 0.1) is 16.0 Å². The predicted molar refractivity (Wildman–Crippen MR) is 256 cm³/mol. The van der Waals surface area contributed by atoms with Crippen LogP contribution < -0.4 is 25.4 Å². The molecule has 3 N–H and O–H groups in total. The lowest BCUT2D eigenvalue weighted by Crippen LogP contribution is -2.63. The summed E-state index contributed by atoms with van der Waals surface area (Å²) in [5.74, 6) is -6.06. The molecule has 6 rings (SSSR count). The molecule has 1 fully saturated rings. The molecule has 1 aliphatic carbocycles. The number of anilines is 1. The Bertz CT molecular complexity index is 2720. The Hall–Kier alpha value is -8.60. The standard InChI is InChI=1S/C51H54N4O19/c1-26(2)43(54-50(62)67-24-39-37-14-10-8-12-35(37)36-13-9-11-15-38(36)39)48(61)52-27(3)47(60)53-40-21-16-32(23-68-51(63)72-34-19-17-33(18-20-34)55(64)65)22-41(40)73-49-46(71-31(7)59)45(70-30(6)58)44(69-29(5)57)42(74-49)25-66-28(4)56/h8-22,26-27,39,42-46,49H,23-25H2,1-7H3,(H,52,61)(H,53,60)(H,54,62)/t27-,42+,43-,44+,45-,46+,49+/m0/s1. The highest BCUT2D eigenvalue weighted by Gasteiger charge is 2.53. The van der Waals surface area contributed by atoms with Gasteiger partial charge in [0.25, 0.3) is 5.69 Å². The van der Waals surface area contributed by atoms with Crippen LogP contribution in [0.5, 0.6) is 11.5 Å². The number of esters is 4. The number of non-ortho nitro benzene ring substituents is 1. The topological polar surface area (TPSA) is 299 Å². The Morgan fingerprint density at radius 1 is 0.662 bits per heavy atom. The number of carbonyl (C=O) groups is 8. The van der Waals surface area contributed by atoms with E-state index < -0.39 is 115 Å². The normalized spacial score (nSPS) is 18.4. The van der Waals surface area contributed by atoms with Crippen LogP contribution in [0.3, 0.4) is 0 Å². The molecule has 392 valence electrons. The van der Waals surface area contributed by atoms with E-state index in [9.17, 15) is 48.5 Å². The van der Waals surface area contributed by atoms with Crippen molar-refractivity contribution in [1.82, 2.24) is 10.6 Å². The number of rotatable bonds is 19. The smallest absolute Gasteiger partial charge is 0.463 e. The summed E-state index contributed by atoms with van der Waals surface area (Å²) in [5.41, 5.74) is 3.89. The number of hydrogen-bond donors (Lipinski definition) is 3. The SMILES string of the molecule is CC(=O)OC[C@H]1O[C@@H](Oc2cc(COC(=O)Oc3ccc([N+](=O)[O-])cc3)ccc2NC(=O)[C@H](C)NC(=O)[C@@H](NC(=O)OCC2c3ccccc3-c3ccccc32)C(C)C)[C@H](OC(C)=O)[C@@H](OC(C)=O)[C@@H]1OC(C)=O. The molecule has 1 saturated heterocycles. The predicted octanol–water partition coefficient (Wildman–Crippen LogP) is 5.78. The van der Waals surface area contributed by atoms with Gasteiger partial charge in [0.15, 0.2) is 12.2 Å². The van der Waals surface area contributed by atoms with E-state index in [0.29, 0.717) is 0 Å². The lowest BCUT2D eigenvalue weighted by molar-refractivity contribution is -0.384. The number of fused-ring (bicyclic) bond motifs is 3. The molecule has 0 bridgehead atoms. The number of ether oxygens (including phenoxy) is 9. The lowest BCUT2D eigenvalue weighted by Gasteiger charge is -2.44. The van der Waals surface area contributed by atoms with E-state index >= 15 is 0 Å². The van der Waals surface area contributed by atoms with Crippen molar-refractivity contribution in [3.8, 4) is 22.6 Å². The summed E-state index contributed by atoms with van der Waals surface area (Å²) in [6, 6.07) is 21.8. The molecule has 7 atom stereocenters. The molecule has 3 amide bonds. The van der Waals surface area contributed by atoms with E-state index in [2.05, 4.69) is 16.0 Å². The number of nitrogens with one attached hydrogen (secondary N) is 3. The zero-order valence-corrected chi connectivity index (χ0v) is 41.2. The number of amides is 3. The first-order valence-electron chi connectivity index (χ1n) is 23.1. The van der Waals surface area contributed by atoms with E-state index in [-0.39, 0.29) is 41.0 Å². The first-order valence-corrected chi connectivity index (χ1v) is 23.1. The zero-order chi connectivity index (χ0) is 53.8. The summed E-state index contributed by atoms with van der Waals surface area (Å²) in [6.07, 6.45) is -10.1. The second kappa shape index (κ2) is 24.7. The van der Waals surface area contributed by atoms with Gasteiger partial charge in [-0.25, -0.2) is 9.59 Å². The molecule has 23 heteroatoms. The summed E-state index contributed by atoms with van der Waals surface area (Å²) in [6.45, 7) is 7.86. The fourth-order valence-electron chi connectivity index (χ4n) is 8.08. The third-order valence-corrected chi connectivity index (χ3v) is 11.4. The third-order valence-electron chi connectivity index (χ3n) is 11.4. The second-order valence-electron chi connectivity index (χ2n) is 17.3. The molecule has 0 saturated carbocycles. The average Bonchev–Trinajstić information content (AvgIpc) is 3.66. The Morgan fingerprint density at radius 3 is 1.84 bits per heavy atom. The van der Waals surface area contributed by atoms with Crippen molar-refractivity contribution < 1.29 is 85.9 Å². The van der Waals surface area contributed by atoms with Crippen LogP contribution in [0.4, 0.5) is 21.0 Å². The van der Waals surface area contributed by atoms with Crippen LogP contribution in [0.1, 0.15) is 71.1 Å². The van der Waals surface area contributed by atoms with Crippen LogP contribution in [0.15, 0.2) is 91.0 Å². The van der Waals surface area contributed by atoms with E-state index in [1.54, 1.807) is 13.8 Å². The molecule has 1 aliphatic heterocycles. The van der Waals surface area contributed by atoms with Crippen molar-refractivity contribution in [3.63, 3.8) is 0 Å². The van der Waals surface area contributed by atoms with E-state index in [1.165, 1.54) is 37.3 Å². The molecule has 4 aromatic carbocycles. The van der Waals surface area contributed by atoms with Gasteiger partial charge >= 0.3 is 36.1 Å². The highest BCUT2D eigenvalue weighted by Crippen LogP contribution is 2.44. The first-order chi connectivity index (χ1) is 35.2. The van der Waals surface area contributed by atoms with Gasteiger partial charge in [0, 0.05) is 45.7 Å². The number of nitrogens with zero attached hydrogens (tertiary/aromatic N) is 1. The maximum absolute atomic E-state index is 13.9. The van der Waals surface area contributed by atoms with Gasteiger partial charge in [-0.05, 0) is 64.9 Å². The fraction of sp³-hybridized carbons (Fsp3) is 0.373. The van der Waals surface area contributed by atoms with Crippen LogP contribution in [-0.2, 0) is 68.5 Å². The summed E-state index contributed by atoms with van der Waals surface area (Å²) in [4.78, 5) is 113. The van der Waals surface area contributed by atoms with Crippen molar-refractivity contribution in [1.29, 1.82) is 0 Å². The number of hydrogen-bond acceptors (Lipinski definition) is 19. The van der Waals surface area contributed by atoms with Crippen molar-refractivity contribution >= 4 is 59.3 Å². The molecule has 23 nitrogen and oxygen atoms in total. The Kier molecular flexibility index (Phi) is 18.3. The summed E-state index contributed by atoms with van der Waals surface area (Å²) >= 11 is 0. The second-order valence-corrected chi connectivity index (χ2v) is 17.3. The minimum atomic E-state index is -1.79. The summed E-state index contributed by atoms with van der Waals surface area (Å²) in [7, 11) is 0. The van der Waals surface area contributed by atoms with Crippen LogP contribution in [0.2, 0.25) is 0 Å². The third kappa shape index (κ3) is 14.3. The Balaban J connectivity index is 1.22. The van der Waals surface area contributed by atoms with Gasteiger partial charge in [-0.1, -0.05) is 68.4 Å². The van der Waals surface area contributed by atoms with Gasteiger partial charge in [-0.15, -0.1) is 0 Å². The highest BCUT2D eigenvalue weighted by molar-refractivity contribution is 5.99. The van der Waals surface area contributed by atoms with Gasteiger partial charge in [-0.2, -0.15) is 0 Å². The van der Waals surface area contributed by atoms with E-state index in [0.717, 1.165) is 62.1 Å². The molecular formula is C51H54N4O19. The minimum absolute atomic E-state index is 0.00968. The van der Waals surface area contributed by atoms with Gasteiger partial charge in [0.2, 0.25) is 24.2 Å². The maximum Gasteiger partial charge on any atom is 0.514 e. The summed E-state index contributed by atoms with van der Waals surface area (Å²) < 4.78 is 50.2. The van der Waals surface area contributed by atoms with Crippen molar-refractivity contribution in [2.75, 3.05) is 18.5 Å². The first kappa shape index (κ1) is 54.7. The molecule has 0 unspecified atom stereocenters. The van der Waals surface area contributed by atoms with Gasteiger partial charge in [-0.3, -0.25) is 38.9 Å². The van der Waals surface area contributed by atoms with E-state index in [4.69, 9.17) is 42.6 Å². The molecular weight excluding hydrogens is 973 g/mol.